The molecule has 4 heterocycles. The van der Waals surface area contributed by atoms with E-state index in [1.165, 1.54) is 23.4 Å². The van der Waals surface area contributed by atoms with E-state index in [1.54, 1.807) is 6.33 Å². The summed E-state index contributed by atoms with van der Waals surface area (Å²) in [6, 6.07) is 2.12. The van der Waals surface area contributed by atoms with Crippen LogP contribution in [-0.2, 0) is 24.2 Å². The van der Waals surface area contributed by atoms with Gasteiger partial charge in [0.25, 0.3) is 0 Å². The van der Waals surface area contributed by atoms with Crippen LogP contribution in [0.5, 0.6) is 0 Å². The minimum Gasteiger partial charge on any atom is -0.372 e. The number of hydrogen-bond acceptors (Lipinski definition) is 6. The molecule has 0 aromatic carbocycles. The van der Waals surface area contributed by atoms with Crippen LogP contribution in [0.15, 0.2) is 18.6 Å². The molecular weight excluding hydrogens is 340 g/mol. The molecule has 1 fully saturated rings. The van der Waals surface area contributed by atoms with Crippen LogP contribution in [0.25, 0.3) is 0 Å². The maximum absolute atomic E-state index is 6.23. The Labute approximate surface area is 161 Å². The minimum absolute atomic E-state index is 0.142. The maximum Gasteiger partial charge on any atom is 0.136 e. The lowest BCUT2D eigenvalue weighted by Gasteiger charge is -2.37. The van der Waals surface area contributed by atoms with Crippen molar-refractivity contribution in [2.75, 3.05) is 38.7 Å². The highest BCUT2D eigenvalue weighted by atomic mass is 16.5. The number of hydrogen-bond donors (Lipinski definition) is 0. The van der Waals surface area contributed by atoms with Crippen molar-refractivity contribution in [3.63, 3.8) is 0 Å². The van der Waals surface area contributed by atoms with Crippen molar-refractivity contribution in [1.29, 1.82) is 0 Å². The summed E-state index contributed by atoms with van der Waals surface area (Å²) < 4.78 is 8.31. The first-order valence-corrected chi connectivity index (χ1v) is 10.0. The molecule has 0 N–H and O–H groups in total. The molecule has 7 heteroatoms. The van der Waals surface area contributed by atoms with Gasteiger partial charge in [-0.2, -0.15) is 5.10 Å². The topological polar surface area (TPSA) is 59.3 Å². The second kappa shape index (κ2) is 7.94. The SMILES string of the molecule is CCn1nccc1[C@@H]1OCCC[C@H]1CN1CCc2ncnc(N(C)C)c2C1. The Morgan fingerprint density at radius 2 is 2.19 bits per heavy atom. The van der Waals surface area contributed by atoms with Gasteiger partial charge >= 0.3 is 0 Å². The zero-order chi connectivity index (χ0) is 18.8. The van der Waals surface area contributed by atoms with Crippen molar-refractivity contribution in [2.24, 2.45) is 5.92 Å². The molecule has 7 nitrogen and oxygen atoms in total. The van der Waals surface area contributed by atoms with Gasteiger partial charge in [-0.25, -0.2) is 9.97 Å². The quantitative estimate of drug-likeness (QED) is 0.805. The highest BCUT2D eigenvalue weighted by molar-refractivity contribution is 5.48. The molecule has 0 unspecified atom stereocenters. The summed E-state index contributed by atoms with van der Waals surface area (Å²) in [5, 5.41) is 4.45. The number of aryl methyl sites for hydroxylation is 1. The number of rotatable bonds is 5. The standard InChI is InChI=1S/C20H30N6O/c1-4-26-18(7-9-23-26)19-15(6-5-11-27-19)12-25-10-8-17-16(13-25)20(24(2)3)22-14-21-17/h7,9,14-15,19H,4-6,8,10-13H2,1-3H3/t15-,19+/m0/s1. The molecule has 146 valence electrons. The van der Waals surface area contributed by atoms with Crippen molar-refractivity contribution < 1.29 is 4.74 Å². The fourth-order valence-corrected chi connectivity index (χ4v) is 4.46. The third kappa shape index (κ3) is 3.71. The molecule has 0 saturated carbocycles. The highest BCUT2D eigenvalue weighted by Gasteiger charge is 2.32. The van der Waals surface area contributed by atoms with Gasteiger partial charge in [0.2, 0.25) is 0 Å². The first-order valence-electron chi connectivity index (χ1n) is 10.0. The highest BCUT2D eigenvalue weighted by Crippen LogP contribution is 2.35. The van der Waals surface area contributed by atoms with E-state index in [0.717, 1.165) is 51.4 Å². The lowest BCUT2D eigenvalue weighted by atomic mass is 9.90. The van der Waals surface area contributed by atoms with E-state index in [4.69, 9.17) is 4.74 Å². The number of anilines is 1. The van der Waals surface area contributed by atoms with E-state index in [9.17, 15) is 0 Å². The van der Waals surface area contributed by atoms with Gasteiger partial charge in [0, 0.05) is 71.0 Å². The van der Waals surface area contributed by atoms with Gasteiger partial charge in [-0.3, -0.25) is 9.58 Å². The molecule has 0 radical (unpaired) electrons. The molecule has 0 amide bonds. The van der Waals surface area contributed by atoms with E-state index in [1.807, 2.05) is 6.20 Å². The molecule has 2 aromatic rings. The molecule has 1 saturated heterocycles. The van der Waals surface area contributed by atoms with Crippen LogP contribution in [-0.4, -0.2) is 58.4 Å². The first-order chi connectivity index (χ1) is 13.2. The monoisotopic (exact) mass is 370 g/mol. The van der Waals surface area contributed by atoms with Crippen LogP contribution < -0.4 is 4.90 Å². The predicted molar refractivity (Wildman–Crippen MR) is 105 cm³/mol. The van der Waals surface area contributed by atoms with Crippen molar-refractivity contribution in [1.82, 2.24) is 24.6 Å². The second-order valence-corrected chi connectivity index (χ2v) is 7.77. The number of nitrogens with zero attached hydrogens (tertiary/aromatic N) is 6. The maximum atomic E-state index is 6.23. The third-order valence-electron chi connectivity index (χ3n) is 5.76. The van der Waals surface area contributed by atoms with Crippen LogP contribution in [0.2, 0.25) is 0 Å². The Morgan fingerprint density at radius 3 is 3.00 bits per heavy atom. The minimum atomic E-state index is 0.142. The summed E-state index contributed by atoms with van der Waals surface area (Å²) in [5.41, 5.74) is 3.70. The Hall–Kier alpha value is -1.99. The van der Waals surface area contributed by atoms with Crippen LogP contribution in [0.4, 0.5) is 5.82 Å². The van der Waals surface area contributed by atoms with E-state index >= 15 is 0 Å². The smallest absolute Gasteiger partial charge is 0.136 e. The summed E-state index contributed by atoms with van der Waals surface area (Å²) in [7, 11) is 4.11. The van der Waals surface area contributed by atoms with Gasteiger partial charge in [0.1, 0.15) is 18.2 Å². The number of aromatic nitrogens is 4. The second-order valence-electron chi connectivity index (χ2n) is 7.77. The van der Waals surface area contributed by atoms with Crippen molar-refractivity contribution in [3.8, 4) is 0 Å². The van der Waals surface area contributed by atoms with Crippen LogP contribution in [0.3, 0.4) is 0 Å². The lowest BCUT2D eigenvalue weighted by Crippen LogP contribution is -2.39. The van der Waals surface area contributed by atoms with E-state index < -0.39 is 0 Å². The molecule has 0 bridgehead atoms. The molecule has 27 heavy (non-hydrogen) atoms. The lowest BCUT2D eigenvalue weighted by molar-refractivity contribution is -0.0448. The summed E-state index contributed by atoms with van der Waals surface area (Å²) in [6.07, 6.45) is 7.06. The normalized spacial score (nSPS) is 23.2. The van der Waals surface area contributed by atoms with Gasteiger partial charge in [-0.15, -0.1) is 0 Å². The Morgan fingerprint density at radius 1 is 1.30 bits per heavy atom. The Kier molecular flexibility index (Phi) is 5.41. The molecule has 2 aliphatic heterocycles. The van der Waals surface area contributed by atoms with Gasteiger partial charge in [0.15, 0.2) is 0 Å². The van der Waals surface area contributed by atoms with E-state index in [-0.39, 0.29) is 6.10 Å². The van der Waals surface area contributed by atoms with Crippen molar-refractivity contribution in [2.45, 2.75) is 45.4 Å². The molecule has 2 aliphatic rings. The predicted octanol–water partition coefficient (Wildman–Crippen LogP) is 2.29. The van der Waals surface area contributed by atoms with E-state index in [2.05, 4.69) is 56.6 Å². The number of fused-ring (bicyclic) bond motifs is 1. The fraction of sp³-hybridized carbons (Fsp3) is 0.650. The van der Waals surface area contributed by atoms with Gasteiger partial charge in [0.05, 0.1) is 11.4 Å². The van der Waals surface area contributed by atoms with Crippen molar-refractivity contribution >= 4 is 5.82 Å². The summed E-state index contributed by atoms with van der Waals surface area (Å²) in [6.45, 7) is 6.87. The zero-order valence-electron chi connectivity index (χ0n) is 16.6. The molecule has 2 atom stereocenters. The summed E-state index contributed by atoms with van der Waals surface area (Å²) >= 11 is 0. The largest absolute Gasteiger partial charge is 0.372 e. The average molecular weight is 371 g/mol. The molecule has 0 aliphatic carbocycles. The van der Waals surface area contributed by atoms with Gasteiger partial charge < -0.3 is 9.64 Å². The van der Waals surface area contributed by atoms with Gasteiger partial charge in [-0.1, -0.05) is 0 Å². The van der Waals surface area contributed by atoms with Crippen LogP contribution in [0, 0.1) is 5.92 Å². The third-order valence-corrected chi connectivity index (χ3v) is 5.76. The van der Waals surface area contributed by atoms with Crippen molar-refractivity contribution in [3.05, 3.63) is 35.5 Å². The summed E-state index contributed by atoms with van der Waals surface area (Å²) in [5.74, 6) is 1.54. The number of ether oxygens (including phenoxy) is 1. The molecule has 2 aromatic heterocycles. The molecule has 4 rings (SSSR count). The fourth-order valence-electron chi connectivity index (χ4n) is 4.46. The molecular formula is C20H30N6O. The van der Waals surface area contributed by atoms with E-state index in [0.29, 0.717) is 5.92 Å². The van der Waals surface area contributed by atoms with Gasteiger partial charge in [-0.05, 0) is 25.8 Å². The first kappa shape index (κ1) is 18.4. The Bertz CT molecular complexity index is 774. The average Bonchev–Trinajstić information content (AvgIpc) is 3.16. The van der Waals surface area contributed by atoms with Crippen LogP contribution >= 0.6 is 0 Å². The summed E-state index contributed by atoms with van der Waals surface area (Å²) in [4.78, 5) is 13.7. The van der Waals surface area contributed by atoms with Crippen LogP contribution in [0.1, 0.15) is 42.8 Å². The Balaban J connectivity index is 1.51. The zero-order valence-corrected chi connectivity index (χ0v) is 16.6. The molecule has 0 spiro atoms.